The zero-order valence-corrected chi connectivity index (χ0v) is 16.5. The minimum absolute atomic E-state index is 0.435. The largest absolute Gasteiger partial charge is 0.493 e. The van der Waals surface area contributed by atoms with Gasteiger partial charge in [0.05, 0.1) is 18.1 Å². The van der Waals surface area contributed by atoms with Gasteiger partial charge in [0.1, 0.15) is 12.4 Å². The van der Waals surface area contributed by atoms with Gasteiger partial charge in [0.2, 0.25) is 0 Å². The zero-order valence-electron chi connectivity index (χ0n) is 16.5. The number of imidazole rings is 1. The van der Waals surface area contributed by atoms with E-state index in [2.05, 4.69) is 29.7 Å². The molecule has 1 aromatic heterocycles. The van der Waals surface area contributed by atoms with Crippen molar-refractivity contribution in [3.8, 4) is 11.5 Å². The van der Waals surface area contributed by atoms with Gasteiger partial charge in [0.25, 0.3) is 0 Å². The highest BCUT2D eigenvalue weighted by Gasteiger charge is 2.12. The third-order valence-corrected chi connectivity index (χ3v) is 4.89. The van der Waals surface area contributed by atoms with Crippen LogP contribution < -0.4 is 9.47 Å². The standard InChI is InChI=1S/C23H30N2O2/c1-3-4-5-6-7-12-17-25-20-14-9-8-13-19(20)24-23(25)18-27-22-16-11-10-15-21(22)26-2/h8-11,13-16H,3-7,12,17-18H2,1-2H3. The molecular weight excluding hydrogens is 336 g/mol. The highest BCUT2D eigenvalue weighted by Crippen LogP contribution is 2.27. The van der Waals surface area contributed by atoms with Gasteiger partial charge in [0, 0.05) is 6.54 Å². The number of methoxy groups -OCH3 is 1. The van der Waals surface area contributed by atoms with E-state index in [1.807, 2.05) is 30.3 Å². The van der Waals surface area contributed by atoms with E-state index < -0.39 is 0 Å². The van der Waals surface area contributed by atoms with Crippen LogP contribution >= 0.6 is 0 Å². The number of nitrogens with zero attached hydrogens (tertiary/aromatic N) is 2. The van der Waals surface area contributed by atoms with Gasteiger partial charge in [-0.25, -0.2) is 4.98 Å². The lowest BCUT2D eigenvalue weighted by Crippen LogP contribution is -2.08. The lowest BCUT2D eigenvalue weighted by Gasteiger charge is -2.12. The van der Waals surface area contributed by atoms with E-state index >= 15 is 0 Å². The fourth-order valence-corrected chi connectivity index (χ4v) is 3.42. The van der Waals surface area contributed by atoms with E-state index in [1.165, 1.54) is 44.0 Å². The predicted octanol–water partition coefficient (Wildman–Crippen LogP) is 5.98. The Hall–Kier alpha value is -2.49. The van der Waals surface area contributed by atoms with Gasteiger partial charge in [0.15, 0.2) is 11.5 Å². The van der Waals surface area contributed by atoms with Gasteiger partial charge in [-0.1, -0.05) is 63.3 Å². The summed E-state index contributed by atoms with van der Waals surface area (Å²) >= 11 is 0. The summed E-state index contributed by atoms with van der Waals surface area (Å²) in [6.07, 6.45) is 7.71. The summed E-state index contributed by atoms with van der Waals surface area (Å²) in [5, 5.41) is 0. The second kappa shape index (κ2) is 10.0. The molecule has 0 saturated carbocycles. The second-order valence-corrected chi connectivity index (χ2v) is 6.88. The number of benzene rings is 2. The molecule has 0 N–H and O–H groups in total. The van der Waals surface area contributed by atoms with Crippen molar-refractivity contribution >= 4 is 11.0 Å². The van der Waals surface area contributed by atoms with Gasteiger partial charge >= 0.3 is 0 Å². The molecule has 144 valence electrons. The van der Waals surface area contributed by atoms with Crippen LogP contribution in [0.25, 0.3) is 11.0 Å². The number of aromatic nitrogens is 2. The Labute approximate surface area is 162 Å². The molecule has 0 aliphatic heterocycles. The molecule has 4 nitrogen and oxygen atoms in total. The van der Waals surface area contributed by atoms with Gasteiger partial charge in [-0.15, -0.1) is 0 Å². The van der Waals surface area contributed by atoms with Crippen LogP contribution in [-0.4, -0.2) is 16.7 Å². The first kappa shape index (κ1) is 19.3. The fourth-order valence-electron chi connectivity index (χ4n) is 3.42. The van der Waals surface area contributed by atoms with Gasteiger partial charge in [-0.3, -0.25) is 0 Å². The van der Waals surface area contributed by atoms with Crippen LogP contribution in [-0.2, 0) is 13.2 Å². The van der Waals surface area contributed by atoms with Crippen LogP contribution in [0, 0.1) is 0 Å². The van der Waals surface area contributed by atoms with Crippen LogP contribution in [0.3, 0.4) is 0 Å². The van der Waals surface area contributed by atoms with E-state index in [4.69, 9.17) is 14.5 Å². The third-order valence-electron chi connectivity index (χ3n) is 4.89. The fraction of sp³-hybridized carbons (Fsp3) is 0.435. The summed E-state index contributed by atoms with van der Waals surface area (Å²) in [6, 6.07) is 16.1. The number of fused-ring (bicyclic) bond motifs is 1. The van der Waals surface area contributed by atoms with Crippen LogP contribution in [0.4, 0.5) is 0 Å². The van der Waals surface area contributed by atoms with Crippen LogP contribution in [0.2, 0.25) is 0 Å². The minimum Gasteiger partial charge on any atom is -0.493 e. The van der Waals surface area contributed by atoms with Crippen LogP contribution in [0.5, 0.6) is 11.5 Å². The van der Waals surface area contributed by atoms with Crippen molar-refractivity contribution in [3.63, 3.8) is 0 Å². The normalized spacial score (nSPS) is 11.0. The predicted molar refractivity (Wildman–Crippen MR) is 110 cm³/mol. The topological polar surface area (TPSA) is 36.3 Å². The molecule has 0 radical (unpaired) electrons. The molecule has 3 aromatic rings. The summed E-state index contributed by atoms with van der Waals surface area (Å²) in [4.78, 5) is 4.81. The molecule has 0 aliphatic rings. The Bertz CT molecular complexity index is 841. The Balaban J connectivity index is 1.70. The zero-order chi connectivity index (χ0) is 18.9. The van der Waals surface area contributed by atoms with Crippen molar-refractivity contribution in [2.45, 2.75) is 58.6 Å². The first-order valence-electron chi connectivity index (χ1n) is 10.0. The maximum absolute atomic E-state index is 6.04. The summed E-state index contributed by atoms with van der Waals surface area (Å²) in [5.74, 6) is 2.46. The third kappa shape index (κ3) is 5.03. The van der Waals surface area contributed by atoms with E-state index in [-0.39, 0.29) is 0 Å². The van der Waals surface area contributed by atoms with E-state index in [0.29, 0.717) is 6.61 Å². The average molecular weight is 367 g/mol. The molecular formula is C23H30N2O2. The molecule has 1 heterocycles. The van der Waals surface area contributed by atoms with E-state index in [1.54, 1.807) is 7.11 Å². The molecule has 0 spiro atoms. The molecule has 0 fully saturated rings. The maximum atomic E-state index is 6.04. The number of hydrogen-bond donors (Lipinski definition) is 0. The van der Waals surface area contributed by atoms with Crippen molar-refractivity contribution in [1.29, 1.82) is 0 Å². The van der Waals surface area contributed by atoms with Crippen LogP contribution in [0.1, 0.15) is 51.3 Å². The van der Waals surface area contributed by atoms with Gasteiger partial charge < -0.3 is 14.0 Å². The Morgan fingerprint density at radius 3 is 2.37 bits per heavy atom. The maximum Gasteiger partial charge on any atom is 0.161 e. The van der Waals surface area contributed by atoms with E-state index in [9.17, 15) is 0 Å². The molecule has 0 unspecified atom stereocenters. The Kier molecular flexibility index (Phi) is 7.14. The minimum atomic E-state index is 0.435. The molecule has 3 rings (SSSR count). The molecule has 0 saturated heterocycles. The molecule has 0 amide bonds. The molecule has 0 aliphatic carbocycles. The number of unbranched alkanes of at least 4 members (excludes halogenated alkanes) is 5. The highest BCUT2D eigenvalue weighted by atomic mass is 16.5. The monoisotopic (exact) mass is 366 g/mol. The SMILES string of the molecule is CCCCCCCCn1c(COc2ccccc2OC)nc2ccccc21. The van der Waals surface area contributed by atoms with Gasteiger partial charge in [-0.2, -0.15) is 0 Å². The number of ether oxygens (including phenoxy) is 2. The summed E-state index contributed by atoms with van der Waals surface area (Å²) in [5.41, 5.74) is 2.21. The van der Waals surface area contributed by atoms with Crippen molar-refractivity contribution in [1.82, 2.24) is 9.55 Å². The number of rotatable bonds is 11. The first-order chi connectivity index (χ1) is 13.3. The molecule has 0 bridgehead atoms. The summed E-state index contributed by atoms with van der Waals surface area (Å²) in [7, 11) is 1.66. The molecule has 2 aromatic carbocycles. The van der Waals surface area contributed by atoms with Crippen molar-refractivity contribution in [2.75, 3.05) is 7.11 Å². The highest BCUT2D eigenvalue weighted by molar-refractivity contribution is 5.75. The van der Waals surface area contributed by atoms with Gasteiger partial charge in [-0.05, 0) is 30.7 Å². The lowest BCUT2D eigenvalue weighted by atomic mass is 10.1. The van der Waals surface area contributed by atoms with E-state index in [0.717, 1.165) is 29.4 Å². The average Bonchev–Trinajstić information content (AvgIpc) is 3.06. The van der Waals surface area contributed by atoms with Crippen LogP contribution in [0.15, 0.2) is 48.5 Å². The smallest absolute Gasteiger partial charge is 0.161 e. The van der Waals surface area contributed by atoms with Crippen molar-refractivity contribution < 1.29 is 9.47 Å². The second-order valence-electron chi connectivity index (χ2n) is 6.88. The molecule has 27 heavy (non-hydrogen) atoms. The number of aryl methyl sites for hydroxylation is 1. The molecule has 4 heteroatoms. The summed E-state index contributed by atoms with van der Waals surface area (Å²) < 4.78 is 13.7. The lowest BCUT2D eigenvalue weighted by molar-refractivity contribution is 0.271. The number of hydrogen-bond acceptors (Lipinski definition) is 3. The number of para-hydroxylation sites is 4. The Morgan fingerprint density at radius 2 is 1.56 bits per heavy atom. The quantitative estimate of drug-likeness (QED) is 0.391. The summed E-state index contributed by atoms with van der Waals surface area (Å²) in [6.45, 7) is 3.67. The molecule has 0 atom stereocenters. The Morgan fingerprint density at radius 1 is 0.852 bits per heavy atom. The van der Waals surface area contributed by atoms with Crippen molar-refractivity contribution in [2.24, 2.45) is 0 Å². The first-order valence-corrected chi connectivity index (χ1v) is 10.0. The van der Waals surface area contributed by atoms with Crippen molar-refractivity contribution in [3.05, 3.63) is 54.4 Å².